The summed E-state index contributed by atoms with van der Waals surface area (Å²) in [7, 11) is 0. The molecular formula is C16H19N3O3. The van der Waals surface area contributed by atoms with E-state index in [0.29, 0.717) is 25.6 Å². The molecule has 2 heterocycles. The number of hydrogen-bond donors (Lipinski definition) is 0. The summed E-state index contributed by atoms with van der Waals surface area (Å²) in [4.78, 5) is 18.9. The second kappa shape index (κ2) is 6.70. The van der Waals surface area contributed by atoms with Crippen LogP contribution in [-0.2, 0) is 9.53 Å². The fourth-order valence-corrected chi connectivity index (χ4v) is 2.85. The molecule has 0 aliphatic carbocycles. The van der Waals surface area contributed by atoms with Gasteiger partial charge in [0.25, 0.3) is 0 Å². The van der Waals surface area contributed by atoms with Crippen LogP contribution in [0.1, 0.15) is 36.7 Å². The first-order chi connectivity index (χ1) is 10.8. The van der Waals surface area contributed by atoms with Gasteiger partial charge in [-0.2, -0.15) is 4.98 Å². The first kappa shape index (κ1) is 14.7. The van der Waals surface area contributed by atoms with Crippen LogP contribution in [0, 0.1) is 0 Å². The maximum atomic E-state index is 13.0. The Morgan fingerprint density at radius 3 is 2.91 bits per heavy atom. The lowest BCUT2D eigenvalue weighted by atomic mass is 9.94. The fraction of sp³-hybridized carbons (Fsp3) is 0.438. The minimum atomic E-state index is -0.280. The van der Waals surface area contributed by atoms with Crippen LogP contribution in [0.25, 0.3) is 0 Å². The maximum absolute atomic E-state index is 13.0. The van der Waals surface area contributed by atoms with Gasteiger partial charge in [-0.3, -0.25) is 4.79 Å². The predicted molar refractivity (Wildman–Crippen MR) is 79.0 cm³/mol. The third-order valence-electron chi connectivity index (χ3n) is 4.00. The van der Waals surface area contributed by atoms with E-state index in [9.17, 15) is 4.79 Å². The zero-order chi connectivity index (χ0) is 15.4. The van der Waals surface area contributed by atoms with E-state index in [1.807, 2.05) is 42.2 Å². The van der Waals surface area contributed by atoms with Gasteiger partial charge in [0.05, 0.1) is 19.1 Å². The lowest BCUT2D eigenvalue weighted by Gasteiger charge is -2.36. The van der Waals surface area contributed by atoms with Crippen molar-refractivity contribution in [2.45, 2.75) is 25.3 Å². The molecule has 2 atom stereocenters. The normalized spacial score (nSPS) is 19.9. The van der Waals surface area contributed by atoms with Crippen LogP contribution in [0.15, 0.2) is 41.2 Å². The van der Waals surface area contributed by atoms with Crippen molar-refractivity contribution in [1.82, 2.24) is 15.0 Å². The van der Waals surface area contributed by atoms with E-state index in [1.54, 1.807) is 0 Å². The molecule has 1 aliphatic rings. The first-order valence-electron chi connectivity index (χ1n) is 7.50. The standard InChI is InChI=1S/C16H19N3O3/c1-2-13(12-6-4-3-5-7-12)16(20)19-8-9-21-10-14(19)15-17-11-22-18-15/h3-7,11,13-14H,2,8-10H2,1H3. The highest BCUT2D eigenvalue weighted by molar-refractivity contribution is 5.84. The van der Waals surface area contributed by atoms with Crippen LogP contribution in [-0.4, -0.2) is 40.7 Å². The van der Waals surface area contributed by atoms with Gasteiger partial charge in [0.1, 0.15) is 6.04 Å². The van der Waals surface area contributed by atoms with Gasteiger partial charge < -0.3 is 14.2 Å². The van der Waals surface area contributed by atoms with Crippen LogP contribution in [0.4, 0.5) is 0 Å². The summed E-state index contributed by atoms with van der Waals surface area (Å²) in [5.74, 6) is 0.427. The topological polar surface area (TPSA) is 68.5 Å². The quantitative estimate of drug-likeness (QED) is 0.865. The Balaban J connectivity index is 1.85. The van der Waals surface area contributed by atoms with Crippen LogP contribution < -0.4 is 0 Å². The van der Waals surface area contributed by atoms with Crippen molar-refractivity contribution >= 4 is 5.91 Å². The maximum Gasteiger partial charge on any atom is 0.230 e. The van der Waals surface area contributed by atoms with Crippen molar-refractivity contribution < 1.29 is 14.1 Å². The van der Waals surface area contributed by atoms with Crippen LogP contribution in [0.2, 0.25) is 0 Å². The highest BCUT2D eigenvalue weighted by atomic mass is 16.5. The molecule has 0 radical (unpaired) electrons. The molecule has 1 aromatic heterocycles. The SMILES string of the molecule is CCC(C(=O)N1CCOCC1c1ncon1)c1ccccc1. The molecule has 0 bridgehead atoms. The molecule has 0 spiro atoms. The van der Waals surface area contributed by atoms with E-state index in [4.69, 9.17) is 9.26 Å². The van der Waals surface area contributed by atoms with Crippen LogP contribution >= 0.6 is 0 Å². The Bertz CT molecular complexity index is 600. The minimum Gasteiger partial charge on any atom is -0.377 e. The highest BCUT2D eigenvalue weighted by Gasteiger charge is 2.35. The number of ether oxygens (including phenoxy) is 1. The molecule has 1 amide bonds. The largest absolute Gasteiger partial charge is 0.377 e. The molecule has 6 nitrogen and oxygen atoms in total. The lowest BCUT2D eigenvalue weighted by molar-refractivity contribution is -0.142. The molecule has 1 aromatic carbocycles. The van der Waals surface area contributed by atoms with Gasteiger partial charge in [0.2, 0.25) is 12.3 Å². The van der Waals surface area contributed by atoms with E-state index in [2.05, 4.69) is 10.1 Å². The van der Waals surface area contributed by atoms with E-state index < -0.39 is 0 Å². The summed E-state index contributed by atoms with van der Waals surface area (Å²) < 4.78 is 10.3. The molecule has 6 heteroatoms. The molecule has 3 rings (SSSR count). The smallest absolute Gasteiger partial charge is 0.230 e. The van der Waals surface area contributed by atoms with Gasteiger partial charge in [-0.05, 0) is 12.0 Å². The zero-order valence-corrected chi connectivity index (χ0v) is 12.5. The molecule has 22 heavy (non-hydrogen) atoms. The Morgan fingerprint density at radius 2 is 2.23 bits per heavy atom. The number of benzene rings is 1. The zero-order valence-electron chi connectivity index (χ0n) is 12.5. The number of hydrogen-bond acceptors (Lipinski definition) is 5. The fourth-order valence-electron chi connectivity index (χ4n) is 2.85. The summed E-state index contributed by atoms with van der Waals surface area (Å²) in [6.45, 7) is 3.50. The molecule has 116 valence electrons. The van der Waals surface area contributed by atoms with Crippen molar-refractivity contribution in [3.63, 3.8) is 0 Å². The summed E-state index contributed by atoms with van der Waals surface area (Å²) >= 11 is 0. The van der Waals surface area contributed by atoms with Gasteiger partial charge >= 0.3 is 0 Å². The Labute approximate surface area is 129 Å². The van der Waals surface area contributed by atoms with E-state index in [-0.39, 0.29) is 17.9 Å². The molecule has 1 fully saturated rings. The average molecular weight is 301 g/mol. The van der Waals surface area contributed by atoms with Crippen molar-refractivity contribution in [2.24, 2.45) is 0 Å². The second-order valence-corrected chi connectivity index (χ2v) is 5.28. The van der Waals surface area contributed by atoms with E-state index >= 15 is 0 Å². The van der Waals surface area contributed by atoms with Gasteiger partial charge in [-0.15, -0.1) is 0 Å². The van der Waals surface area contributed by atoms with Crippen LogP contribution in [0.3, 0.4) is 0 Å². The van der Waals surface area contributed by atoms with E-state index in [1.165, 1.54) is 6.39 Å². The highest BCUT2D eigenvalue weighted by Crippen LogP contribution is 2.28. The Morgan fingerprint density at radius 1 is 1.41 bits per heavy atom. The van der Waals surface area contributed by atoms with Gasteiger partial charge in [-0.1, -0.05) is 42.4 Å². The van der Waals surface area contributed by atoms with Gasteiger partial charge in [0, 0.05) is 6.54 Å². The van der Waals surface area contributed by atoms with Crippen molar-refractivity contribution in [3.05, 3.63) is 48.1 Å². The summed E-state index contributed by atoms with van der Waals surface area (Å²) in [6.07, 6.45) is 2.03. The number of carbonyl (C=O) groups excluding carboxylic acids is 1. The van der Waals surface area contributed by atoms with Crippen molar-refractivity contribution in [3.8, 4) is 0 Å². The number of morpholine rings is 1. The summed E-state index contributed by atoms with van der Waals surface area (Å²) in [6, 6.07) is 9.59. The van der Waals surface area contributed by atoms with Gasteiger partial charge in [0.15, 0.2) is 5.82 Å². The molecule has 1 saturated heterocycles. The predicted octanol–water partition coefficient (Wildman–Crippen LogP) is 2.16. The second-order valence-electron chi connectivity index (χ2n) is 5.28. The first-order valence-corrected chi connectivity index (χ1v) is 7.50. The van der Waals surface area contributed by atoms with Crippen molar-refractivity contribution in [1.29, 1.82) is 0 Å². The molecule has 2 unspecified atom stereocenters. The number of rotatable bonds is 4. The third kappa shape index (κ3) is 2.87. The Kier molecular flexibility index (Phi) is 4.48. The molecule has 0 saturated carbocycles. The number of amides is 1. The molecule has 0 N–H and O–H groups in total. The number of aromatic nitrogens is 2. The number of nitrogens with zero attached hydrogens (tertiary/aromatic N) is 3. The average Bonchev–Trinajstić information content (AvgIpc) is 3.11. The van der Waals surface area contributed by atoms with Crippen molar-refractivity contribution in [2.75, 3.05) is 19.8 Å². The monoisotopic (exact) mass is 301 g/mol. The third-order valence-corrected chi connectivity index (χ3v) is 4.00. The summed E-state index contributed by atoms with van der Waals surface area (Å²) in [5, 5.41) is 3.87. The minimum absolute atomic E-state index is 0.0896. The number of carbonyl (C=O) groups is 1. The van der Waals surface area contributed by atoms with Crippen LogP contribution in [0.5, 0.6) is 0 Å². The molecular weight excluding hydrogens is 282 g/mol. The van der Waals surface area contributed by atoms with Gasteiger partial charge in [-0.25, -0.2) is 0 Å². The lowest BCUT2D eigenvalue weighted by Crippen LogP contribution is -2.45. The molecule has 1 aliphatic heterocycles. The molecule has 2 aromatic rings. The summed E-state index contributed by atoms with van der Waals surface area (Å²) in [5.41, 5.74) is 1.04. The van der Waals surface area contributed by atoms with E-state index in [0.717, 1.165) is 12.0 Å². The Hall–Kier alpha value is -2.21.